The smallest absolute Gasteiger partial charge is 0.0710 e. The third kappa shape index (κ3) is 5.81. The number of anilines is 1. The van der Waals surface area contributed by atoms with Crippen LogP contribution in [0, 0.1) is 0 Å². The maximum atomic E-state index is 4.08. The van der Waals surface area contributed by atoms with Gasteiger partial charge < -0.3 is 4.90 Å². The van der Waals surface area contributed by atoms with Gasteiger partial charge in [-0.05, 0) is 98.0 Å². The van der Waals surface area contributed by atoms with E-state index in [0.29, 0.717) is 0 Å². The molecular weight excluding hydrogens is 627 g/mol. The molecule has 8 rings (SSSR count). The highest BCUT2D eigenvalue weighted by atomic mass is 15.1. The van der Waals surface area contributed by atoms with Crippen LogP contribution in [-0.4, -0.2) is 0 Å². The molecule has 250 valence electrons. The van der Waals surface area contributed by atoms with Gasteiger partial charge in [-0.15, -0.1) is 0 Å². The molecule has 0 radical (unpaired) electrons. The summed E-state index contributed by atoms with van der Waals surface area (Å²) in [5.74, 6) is 0. The summed E-state index contributed by atoms with van der Waals surface area (Å²) in [6.45, 7) is 7.94. The van der Waals surface area contributed by atoms with Gasteiger partial charge in [0, 0.05) is 17.6 Å². The molecule has 0 heterocycles. The van der Waals surface area contributed by atoms with E-state index < -0.39 is 5.41 Å². The van der Waals surface area contributed by atoms with Gasteiger partial charge in [0.2, 0.25) is 0 Å². The molecule has 0 aromatic heterocycles. The van der Waals surface area contributed by atoms with Gasteiger partial charge in [0.05, 0.1) is 5.41 Å². The van der Waals surface area contributed by atoms with Crippen molar-refractivity contribution < 1.29 is 0 Å². The molecule has 0 atom stereocenters. The second-order valence-corrected chi connectivity index (χ2v) is 13.3. The Balaban J connectivity index is 1.22. The van der Waals surface area contributed by atoms with Crippen LogP contribution in [0.2, 0.25) is 0 Å². The van der Waals surface area contributed by atoms with E-state index in [2.05, 4.69) is 194 Å². The molecule has 0 fully saturated rings. The summed E-state index contributed by atoms with van der Waals surface area (Å²) in [4.78, 5) is 2.36. The minimum Gasteiger partial charge on any atom is -0.321 e. The van der Waals surface area contributed by atoms with Crippen molar-refractivity contribution in [3.63, 3.8) is 0 Å². The highest BCUT2D eigenvalue weighted by molar-refractivity contribution is 5.96. The molecule has 6 aromatic carbocycles. The first kappa shape index (κ1) is 32.7. The van der Waals surface area contributed by atoms with E-state index in [-0.39, 0.29) is 0 Å². The van der Waals surface area contributed by atoms with E-state index in [1.165, 1.54) is 55.4 Å². The summed E-state index contributed by atoms with van der Waals surface area (Å²) in [5, 5.41) is 2.45. The molecule has 52 heavy (non-hydrogen) atoms. The summed E-state index contributed by atoms with van der Waals surface area (Å²) in [7, 11) is 0. The summed E-state index contributed by atoms with van der Waals surface area (Å²) < 4.78 is 0. The van der Waals surface area contributed by atoms with Crippen LogP contribution >= 0.6 is 0 Å². The van der Waals surface area contributed by atoms with Crippen molar-refractivity contribution in [1.82, 2.24) is 0 Å². The van der Waals surface area contributed by atoms with Crippen molar-refractivity contribution in [1.29, 1.82) is 0 Å². The van der Waals surface area contributed by atoms with Gasteiger partial charge in [0.25, 0.3) is 0 Å². The second kappa shape index (κ2) is 14.4. The Morgan fingerprint density at radius 3 is 2.02 bits per heavy atom. The number of hydrogen-bond donors (Lipinski definition) is 0. The fourth-order valence-electron chi connectivity index (χ4n) is 8.13. The first-order valence-electron chi connectivity index (χ1n) is 18.0. The van der Waals surface area contributed by atoms with Crippen LogP contribution in [0.3, 0.4) is 0 Å². The fourth-order valence-corrected chi connectivity index (χ4v) is 8.13. The summed E-state index contributed by atoms with van der Waals surface area (Å²) in [6.07, 6.45) is 20.8. The topological polar surface area (TPSA) is 3.24 Å². The van der Waals surface area contributed by atoms with E-state index in [4.69, 9.17) is 0 Å². The number of hydrogen-bond acceptors (Lipinski definition) is 1. The Labute approximate surface area is 307 Å². The molecule has 0 spiro atoms. The van der Waals surface area contributed by atoms with E-state index >= 15 is 0 Å². The van der Waals surface area contributed by atoms with Crippen molar-refractivity contribution in [3.8, 4) is 0 Å². The van der Waals surface area contributed by atoms with Gasteiger partial charge >= 0.3 is 0 Å². The van der Waals surface area contributed by atoms with Crippen molar-refractivity contribution in [2.75, 3.05) is 4.90 Å². The van der Waals surface area contributed by atoms with Gasteiger partial charge in [-0.2, -0.15) is 0 Å². The molecule has 0 saturated carbocycles. The second-order valence-electron chi connectivity index (χ2n) is 13.3. The van der Waals surface area contributed by atoms with Crippen LogP contribution in [0.4, 0.5) is 5.69 Å². The van der Waals surface area contributed by atoms with Crippen molar-refractivity contribution in [3.05, 3.63) is 246 Å². The Morgan fingerprint density at radius 1 is 0.596 bits per heavy atom. The molecule has 1 nitrogen and oxygen atoms in total. The lowest BCUT2D eigenvalue weighted by Gasteiger charge is -2.37. The predicted molar refractivity (Wildman–Crippen MR) is 224 cm³/mol. The molecule has 0 aliphatic heterocycles. The highest BCUT2D eigenvalue weighted by Crippen LogP contribution is 2.57. The average molecular weight is 668 g/mol. The molecule has 0 N–H and O–H groups in total. The zero-order chi connectivity index (χ0) is 35.3. The molecule has 0 amide bonds. The van der Waals surface area contributed by atoms with Crippen LogP contribution < -0.4 is 4.90 Å². The SMILES string of the molecule is C=C/C=C\C=C\N(C1=CC2=C(CC1)c1ccccc1C2(c1ccccc1)c1ccccc1)c1ccc(/C=C/c2c(C=C)ccc3ccccc23)cc1. The average Bonchev–Trinajstić information content (AvgIpc) is 3.51. The summed E-state index contributed by atoms with van der Waals surface area (Å²) >= 11 is 0. The summed E-state index contributed by atoms with van der Waals surface area (Å²) in [5.41, 5.74) is 13.5. The first-order valence-corrected chi connectivity index (χ1v) is 18.0. The van der Waals surface area contributed by atoms with Gasteiger partial charge in [-0.1, -0.05) is 183 Å². The lowest BCUT2D eigenvalue weighted by Crippen LogP contribution is -2.30. The zero-order valence-corrected chi connectivity index (χ0v) is 29.3. The monoisotopic (exact) mass is 667 g/mol. The minimum atomic E-state index is -0.418. The molecule has 1 heteroatoms. The molecule has 0 saturated heterocycles. The molecule has 6 aromatic rings. The maximum absolute atomic E-state index is 4.08. The number of allylic oxidation sites excluding steroid dienone is 8. The van der Waals surface area contributed by atoms with Crippen molar-refractivity contribution >= 4 is 40.3 Å². The Kier molecular flexibility index (Phi) is 9.08. The molecule has 2 aliphatic carbocycles. The Hall–Kier alpha value is -6.44. The third-order valence-electron chi connectivity index (χ3n) is 10.5. The Morgan fingerprint density at radius 2 is 1.29 bits per heavy atom. The maximum Gasteiger partial charge on any atom is 0.0710 e. The predicted octanol–water partition coefficient (Wildman–Crippen LogP) is 13.2. The normalized spacial score (nSPS) is 14.9. The summed E-state index contributed by atoms with van der Waals surface area (Å²) in [6, 6.07) is 52.8. The Bertz CT molecular complexity index is 2380. The van der Waals surface area contributed by atoms with E-state index in [0.717, 1.165) is 29.7 Å². The fraction of sp³-hybridized carbons (Fsp3) is 0.0588. The van der Waals surface area contributed by atoms with Gasteiger partial charge in [0.15, 0.2) is 0 Å². The highest BCUT2D eigenvalue weighted by Gasteiger charge is 2.47. The van der Waals surface area contributed by atoms with Crippen molar-refractivity contribution in [2.45, 2.75) is 18.3 Å². The largest absolute Gasteiger partial charge is 0.321 e. The number of fused-ring (bicyclic) bond motifs is 3. The molecule has 2 aliphatic rings. The van der Waals surface area contributed by atoms with E-state index in [9.17, 15) is 0 Å². The number of rotatable bonds is 10. The first-order chi connectivity index (χ1) is 25.7. The van der Waals surface area contributed by atoms with Crippen LogP contribution in [0.5, 0.6) is 0 Å². The van der Waals surface area contributed by atoms with Gasteiger partial charge in [0.1, 0.15) is 0 Å². The standard InChI is InChI=1S/C51H41N/c1-3-5-6-17-36-52(43-31-26-38(27-32-43)28-34-46-39(4-2)29-30-40-18-13-14-23-45(40)46)44-33-35-48-47-24-15-16-25-49(47)51(50(48)37-44,41-19-9-7-10-20-41)42-21-11-8-12-22-42/h3-32,34,36-37H,1-2,33,35H2/b6-5-,34-28+,36-17+. The van der Waals surface area contributed by atoms with E-state index in [1.807, 2.05) is 24.3 Å². The van der Waals surface area contributed by atoms with E-state index in [1.54, 1.807) is 0 Å². The molecule has 0 unspecified atom stereocenters. The van der Waals surface area contributed by atoms with Crippen molar-refractivity contribution in [2.24, 2.45) is 0 Å². The van der Waals surface area contributed by atoms with Gasteiger partial charge in [-0.25, -0.2) is 0 Å². The number of benzene rings is 6. The molecular formula is C51H41N. The zero-order valence-electron chi connectivity index (χ0n) is 29.3. The quantitative estimate of drug-likeness (QED) is 0.104. The van der Waals surface area contributed by atoms with Crippen LogP contribution in [0.15, 0.2) is 207 Å². The lowest BCUT2D eigenvalue weighted by atomic mass is 9.66. The lowest BCUT2D eigenvalue weighted by molar-refractivity contribution is 0.750. The minimum absolute atomic E-state index is 0.418. The van der Waals surface area contributed by atoms with Crippen LogP contribution in [0.25, 0.3) is 34.6 Å². The van der Waals surface area contributed by atoms with Crippen LogP contribution in [-0.2, 0) is 5.41 Å². The van der Waals surface area contributed by atoms with Crippen LogP contribution in [0.1, 0.15) is 51.8 Å². The number of nitrogens with zero attached hydrogens (tertiary/aromatic N) is 1. The van der Waals surface area contributed by atoms with Gasteiger partial charge in [-0.3, -0.25) is 0 Å². The molecule has 0 bridgehead atoms. The third-order valence-corrected chi connectivity index (χ3v) is 10.5.